The van der Waals surface area contributed by atoms with E-state index in [-0.39, 0.29) is 0 Å². The van der Waals surface area contributed by atoms with Crippen molar-refractivity contribution in [2.75, 3.05) is 20.1 Å². The van der Waals surface area contributed by atoms with Gasteiger partial charge >= 0.3 is 0 Å². The summed E-state index contributed by atoms with van der Waals surface area (Å²) in [6.45, 7) is 2.06. The Bertz CT molecular complexity index is 810. The molecule has 0 aliphatic carbocycles. The monoisotopic (exact) mass is 311 g/mol. The summed E-state index contributed by atoms with van der Waals surface area (Å²) >= 11 is 6.43. The van der Waals surface area contributed by atoms with Gasteiger partial charge in [0, 0.05) is 24.4 Å². The summed E-state index contributed by atoms with van der Waals surface area (Å²) in [6.07, 6.45) is 2.94. The minimum absolute atomic E-state index is 0.348. The van der Waals surface area contributed by atoms with Crippen molar-refractivity contribution in [3.63, 3.8) is 0 Å². The molecule has 4 rings (SSSR count). The lowest BCUT2D eigenvalue weighted by atomic mass is 9.86. The molecule has 22 heavy (non-hydrogen) atoms. The molecule has 0 amide bonds. The van der Waals surface area contributed by atoms with Crippen molar-refractivity contribution >= 4 is 22.5 Å². The van der Waals surface area contributed by atoms with Gasteiger partial charge in [-0.3, -0.25) is 5.10 Å². The van der Waals surface area contributed by atoms with E-state index >= 15 is 0 Å². The molecular formula is C18H18ClN3. The van der Waals surface area contributed by atoms with E-state index in [2.05, 4.69) is 58.5 Å². The first-order valence-electron chi connectivity index (χ1n) is 7.62. The molecule has 0 saturated heterocycles. The third-order valence-electron chi connectivity index (χ3n) is 4.62. The molecule has 2 heterocycles. The number of halogens is 1. The Kier molecular flexibility index (Phi) is 3.40. The van der Waals surface area contributed by atoms with Gasteiger partial charge in [0.2, 0.25) is 0 Å². The van der Waals surface area contributed by atoms with Crippen molar-refractivity contribution in [2.24, 2.45) is 0 Å². The number of likely N-dealkylation sites (N-methyl/N-ethyl adjacent to an activating group) is 1. The molecule has 3 aromatic rings. The maximum atomic E-state index is 6.43. The van der Waals surface area contributed by atoms with Gasteiger partial charge in [-0.25, -0.2) is 0 Å². The molecular weight excluding hydrogens is 294 g/mol. The molecule has 1 aliphatic heterocycles. The fraction of sp³-hybridized carbons (Fsp3) is 0.278. The van der Waals surface area contributed by atoms with Crippen molar-refractivity contribution in [1.82, 2.24) is 15.1 Å². The molecule has 0 saturated carbocycles. The van der Waals surface area contributed by atoms with E-state index in [1.807, 2.05) is 6.20 Å². The Balaban J connectivity index is 1.99. The zero-order valence-corrected chi connectivity index (χ0v) is 13.3. The Hall–Kier alpha value is -1.84. The van der Waals surface area contributed by atoms with Gasteiger partial charge in [0.05, 0.1) is 16.7 Å². The smallest absolute Gasteiger partial charge is 0.0839 e. The van der Waals surface area contributed by atoms with Crippen LogP contribution in [0, 0.1) is 0 Å². The van der Waals surface area contributed by atoms with E-state index in [1.165, 1.54) is 16.7 Å². The predicted octanol–water partition coefficient (Wildman–Crippen LogP) is 3.84. The minimum atomic E-state index is 0.348. The summed E-state index contributed by atoms with van der Waals surface area (Å²) in [5.41, 5.74) is 5.02. The Labute approximate surface area is 134 Å². The molecule has 1 aromatic heterocycles. The summed E-state index contributed by atoms with van der Waals surface area (Å²) in [6, 6.07) is 12.8. The van der Waals surface area contributed by atoms with Crippen LogP contribution in [0.2, 0.25) is 5.02 Å². The highest BCUT2D eigenvalue weighted by atomic mass is 35.5. The van der Waals surface area contributed by atoms with Gasteiger partial charge in [-0.15, -0.1) is 0 Å². The first-order valence-corrected chi connectivity index (χ1v) is 7.99. The van der Waals surface area contributed by atoms with Crippen LogP contribution >= 0.6 is 11.6 Å². The van der Waals surface area contributed by atoms with Crippen LogP contribution in [0.3, 0.4) is 0 Å². The SMILES string of the molecule is CN1CCc2cc(Cl)c3[nH]ncc3c2[C@@H](c2ccccc2)C1. The summed E-state index contributed by atoms with van der Waals surface area (Å²) < 4.78 is 0. The Morgan fingerprint density at radius 1 is 1.27 bits per heavy atom. The topological polar surface area (TPSA) is 31.9 Å². The van der Waals surface area contributed by atoms with Gasteiger partial charge in [-0.2, -0.15) is 5.10 Å². The van der Waals surface area contributed by atoms with Gasteiger partial charge in [0.1, 0.15) is 0 Å². The Morgan fingerprint density at radius 2 is 2.09 bits per heavy atom. The quantitative estimate of drug-likeness (QED) is 0.740. The summed E-state index contributed by atoms with van der Waals surface area (Å²) in [5, 5.41) is 9.20. The number of aromatic amines is 1. The molecule has 0 spiro atoms. The fourth-order valence-electron chi connectivity index (χ4n) is 3.53. The lowest BCUT2D eigenvalue weighted by Crippen LogP contribution is -2.24. The molecule has 0 radical (unpaired) electrons. The molecule has 4 heteroatoms. The van der Waals surface area contributed by atoms with Crippen LogP contribution in [-0.2, 0) is 6.42 Å². The molecule has 0 unspecified atom stereocenters. The number of H-pyrrole nitrogens is 1. The second-order valence-corrected chi connectivity index (χ2v) is 6.47. The molecule has 1 atom stereocenters. The molecule has 1 aliphatic rings. The second-order valence-electron chi connectivity index (χ2n) is 6.07. The fourth-order valence-corrected chi connectivity index (χ4v) is 3.81. The third kappa shape index (κ3) is 2.21. The molecule has 112 valence electrons. The Morgan fingerprint density at radius 3 is 2.91 bits per heavy atom. The number of fused-ring (bicyclic) bond motifs is 3. The van der Waals surface area contributed by atoms with E-state index in [9.17, 15) is 0 Å². The number of aromatic nitrogens is 2. The van der Waals surface area contributed by atoms with Crippen LogP contribution in [0.5, 0.6) is 0 Å². The summed E-state index contributed by atoms with van der Waals surface area (Å²) in [5.74, 6) is 0.348. The largest absolute Gasteiger partial charge is 0.305 e. The second kappa shape index (κ2) is 5.41. The molecule has 1 N–H and O–H groups in total. The molecule has 2 aromatic carbocycles. The van der Waals surface area contributed by atoms with E-state index < -0.39 is 0 Å². The predicted molar refractivity (Wildman–Crippen MR) is 90.6 cm³/mol. The lowest BCUT2D eigenvalue weighted by molar-refractivity contribution is 0.338. The van der Waals surface area contributed by atoms with Crippen LogP contribution in [0.15, 0.2) is 42.6 Å². The highest BCUT2D eigenvalue weighted by Gasteiger charge is 2.26. The zero-order valence-electron chi connectivity index (χ0n) is 12.5. The maximum Gasteiger partial charge on any atom is 0.0839 e. The zero-order chi connectivity index (χ0) is 15.1. The van der Waals surface area contributed by atoms with E-state index in [4.69, 9.17) is 11.6 Å². The maximum absolute atomic E-state index is 6.43. The van der Waals surface area contributed by atoms with Crippen molar-refractivity contribution < 1.29 is 0 Å². The highest BCUT2D eigenvalue weighted by Crippen LogP contribution is 2.38. The van der Waals surface area contributed by atoms with Gasteiger partial charge in [-0.1, -0.05) is 41.9 Å². The van der Waals surface area contributed by atoms with Gasteiger partial charge < -0.3 is 4.90 Å². The minimum Gasteiger partial charge on any atom is -0.305 e. The normalized spacial score (nSPS) is 19.1. The third-order valence-corrected chi connectivity index (χ3v) is 4.92. The summed E-state index contributed by atoms with van der Waals surface area (Å²) in [7, 11) is 2.19. The van der Waals surface area contributed by atoms with Crippen molar-refractivity contribution in [1.29, 1.82) is 0 Å². The van der Waals surface area contributed by atoms with Gasteiger partial charge in [0.25, 0.3) is 0 Å². The average molecular weight is 312 g/mol. The first-order chi connectivity index (χ1) is 10.7. The van der Waals surface area contributed by atoms with Crippen molar-refractivity contribution in [3.05, 3.63) is 64.3 Å². The van der Waals surface area contributed by atoms with E-state index in [1.54, 1.807) is 0 Å². The van der Waals surface area contributed by atoms with Crippen LogP contribution in [-0.4, -0.2) is 35.2 Å². The summed E-state index contributed by atoms with van der Waals surface area (Å²) in [4.78, 5) is 2.40. The number of hydrogen-bond acceptors (Lipinski definition) is 2. The number of benzene rings is 2. The first kappa shape index (κ1) is 13.8. The van der Waals surface area contributed by atoms with E-state index in [0.717, 1.165) is 35.4 Å². The van der Waals surface area contributed by atoms with Gasteiger partial charge in [0.15, 0.2) is 0 Å². The molecule has 0 fully saturated rings. The van der Waals surface area contributed by atoms with E-state index in [0.29, 0.717) is 5.92 Å². The van der Waals surface area contributed by atoms with Crippen LogP contribution in [0.4, 0.5) is 0 Å². The van der Waals surface area contributed by atoms with Crippen LogP contribution in [0.1, 0.15) is 22.6 Å². The number of nitrogens with zero attached hydrogens (tertiary/aromatic N) is 2. The standard InChI is InChI=1S/C18H18ClN3/c1-22-8-7-13-9-16(19)18-14(10-20-21-18)17(13)15(11-22)12-5-3-2-4-6-12/h2-6,9-10,15H,7-8,11H2,1H3,(H,20,21)/t15-/m1/s1. The highest BCUT2D eigenvalue weighted by molar-refractivity contribution is 6.35. The number of rotatable bonds is 1. The average Bonchev–Trinajstić information content (AvgIpc) is 2.96. The van der Waals surface area contributed by atoms with Gasteiger partial charge in [-0.05, 0) is 36.2 Å². The molecule has 3 nitrogen and oxygen atoms in total. The van der Waals surface area contributed by atoms with Crippen molar-refractivity contribution in [3.8, 4) is 0 Å². The van der Waals surface area contributed by atoms with Crippen LogP contribution in [0.25, 0.3) is 10.9 Å². The molecule has 0 bridgehead atoms. The number of hydrogen-bond donors (Lipinski definition) is 1. The number of nitrogens with one attached hydrogen (secondary N) is 1. The van der Waals surface area contributed by atoms with Crippen LogP contribution < -0.4 is 0 Å². The lowest BCUT2D eigenvalue weighted by Gasteiger charge is -2.22. The van der Waals surface area contributed by atoms with Crippen molar-refractivity contribution in [2.45, 2.75) is 12.3 Å².